The summed E-state index contributed by atoms with van der Waals surface area (Å²) in [7, 11) is 0. The lowest BCUT2D eigenvalue weighted by molar-refractivity contribution is -0.174. The Balaban J connectivity index is 1.66. The highest BCUT2D eigenvalue weighted by Gasteiger charge is 2.47. The highest BCUT2D eigenvalue weighted by molar-refractivity contribution is 5.93. The standard InChI is InChI=1S/C19H23F3N4O2/c1-2-12-6-3-4-8-25(12)18(27)14-11-17-23-13(15-7-5-9-28-15)10-16(19(20,21)22)26(17)24-14/h5,7,9,11-13,16,23H,2-4,6,8,10H2,1H3/t12-,13+,16+/m1/s1. The topological polar surface area (TPSA) is 63.3 Å². The number of carbonyl (C=O) groups is 1. The van der Waals surface area contributed by atoms with Gasteiger partial charge in [-0.3, -0.25) is 4.79 Å². The molecule has 0 spiro atoms. The minimum Gasteiger partial charge on any atom is -0.467 e. The van der Waals surface area contributed by atoms with Gasteiger partial charge < -0.3 is 14.6 Å². The first-order valence-electron chi connectivity index (χ1n) is 9.65. The van der Waals surface area contributed by atoms with Crippen molar-refractivity contribution in [1.29, 1.82) is 0 Å². The molecule has 0 bridgehead atoms. The Labute approximate surface area is 160 Å². The summed E-state index contributed by atoms with van der Waals surface area (Å²) >= 11 is 0. The predicted molar refractivity (Wildman–Crippen MR) is 96.0 cm³/mol. The van der Waals surface area contributed by atoms with Crippen LogP contribution < -0.4 is 5.32 Å². The molecular weight excluding hydrogens is 373 g/mol. The molecule has 2 aliphatic heterocycles. The van der Waals surface area contributed by atoms with Crippen molar-refractivity contribution in [3.8, 4) is 0 Å². The normalized spacial score (nSPS) is 25.3. The number of fused-ring (bicyclic) bond motifs is 1. The maximum Gasteiger partial charge on any atom is 0.410 e. The lowest BCUT2D eigenvalue weighted by Gasteiger charge is -2.34. The van der Waals surface area contributed by atoms with Gasteiger partial charge in [0.1, 0.15) is 11.6 Å². The van der Waals surface area contributed by atoms with Crippen molar-refractivity contribution in [3.05, 3.63) is 35.9 Å². The van der Waals surface area contributed by atoms with E-state index in [2.05, 4.69) is 10.4 Å². The summed E-state index contributed by atoms with van der Waals surface area (Å²) in [5.41, 5.74) is 0.0530. The lowest BCUT2D eigenvalue weighted by atomic mass is 9.99. The fourth-order valence-electron chi connectivity index (χ4n) is 4.19. The van der Waals surface area contributed by atoms with Crippen molar-refractivity contribution in [2.45, 2.75) is 63.3 Å². The van der Waals surface area contributed by atoms with Gasteiger partial charge in [0.15, 0.2) is 11.7 Å². The Hall–Kier alpha value is -2.45. The zero-order valence-corrected chi connectivity index (χ0v) is 15.6. The molecule has 1 fully saturated rings. The van der Waals surface area contributed by atoms with E-state index in [0.29, 0.717) is 12.3 Å². The summed E-state index contributed by atoms with van der Waals surface area (Å²) in [5, 5.41) is 7.11. The summed E-state index contributed by atoms with van der Waals surface area (Å²) < 4.78 is 47.3. The third kappa shape index (κ3) is 3.38. The Morgan fingerprint density at radius 3 is 2.89 bits per heavy atom. The number of nitrogens with one attached hydrogen (secondary N) is 1. The number of nitrogens with zero attached hydrogens (tertiary/aromatic N) is 3. The van der Waals surface area contributed by atoms with E-state index in [0.717, 1.165) is 30.4 Å². The molecule has 28 heavy (non-hydrogen) atoms. The third-order valence-corrected chi connectivity index (χ3v) is 5.65. The number of alkyl halides is 3. The molecule has 1 saturated heterocycles. The van der Waals surface area contributed by atoms with E-state index in [1.54, 1.807) is 17.0 Å². The Morgan fingerprint density at radius 1 is 1.39 bits per heavy atom. The highest BCUT2D eigenvalue weighted by atomic mass is 19.4. The number of rotatable bonds is 3. The predicted octanol–water partition coefficient (Wildman–Crippen LogP) is 4.54. The summed E-state index contributed by atoms with van der Waals surface area (Å²) in [4.78, 5) is 14.7. The zero-order chi connectivity index (χ0) is 19.9. The average molecular weight is 396 g/mol. The van der Waals surface area contributed by atoms with Gasteiger partial charge >= 0.3 is 6.18 Å². The molecular formula is C19H23F3N4O2. The minimum absolute atomic E-state index is 0.0530. The van der Waals surface area contributed by atoms with Crippen LogP contribution in [-0.2, 0) is 0 Å². The van der Waals surface area contributed by atoms with Crippen LogP contribution in [0.25, 0.3) is 0 Å². The fourth-order valence-corrected chi connectivity index (χ4v) is 4.19. The Kier molecular flexibility index (Phi) is 4.84. The SMILES string of the molecule is CC[C@@H]1CCCCN1C(=O)c1cc2n(n1)[C@H](C(F)(F)F)C[C@@H](c1ccco1)N2. The van der Waals surface area contributed by atoms with Crippen LogP contribution in [0.15, 0.2) is 28.9 Å². The minimum atomic E-state index is -4.48. The molecule has 1 N–H and O–H groups in total. The number of aromatic nitrogens is 2. The van der Waals surface area contributed by atoms with Gasteiger partial charge in [0.05, 0.1) is 12.3 Å². The van der Waals surface area contributed by atoms with Gasteiger partial charge in [-0.1, -0.05) is 6.92 Å². The van der Waals surface area contributed by atoms with Crippen molar-refractivity contribution in [2.24, 2.45) is 0 Å². The van der Waals surface area contributed by atoms with Crippen molar-refractivity contribution >= 4 is 11.7 Å². The molecule has 2 aromatic rings. The van der Waals surface area contributed by atoms with Crippen molar-refractivity contribution in [1.82, 2.24) is 14.7 Å². The van der Waals surface area contributed by atoms with E-state index in [1.807, 2.05) is 6.92 Å². The first-order chi connectivity index (χ1) is 13.4. The second-order valence-electron chi connectivity index (χ2n) is 7.42. The van der Waals surface area contributed by atoms with E-state index in [4.69, 9.17) is 4.42 Å². The van der Waals surface area contributed by atoms with E-state index >= 15 is 0 Å². The van der Waals surface area contributed by atoms with Gasteiger partial charge in [-0.05, 0) is 37.8 Å². The first-order valence-corrected chi connectivity index (χ1v) is 9.65. The molecule has 2 aromatic heterocycles. The number of halogens is 3. The summed E-state index contributed by atoms with van der Waals surface area (Å²) in [6, 6.07) is 2.38. The molecule has 1 amide bonds. The summed E-state index contributed by atoms with van der Waals surface area (Å²) in [6.07, 6.45) is 0.404. The zero-order valence-electron chi connectivity index (χ0n) is 15.6. The highest BCUT2D eigenvalue weighted by Crippen LogP contribution is 2.43. The van der Waals surface area contributed by atoms with Crippen LogP contribution in [0, 0.1) is 0 Å². The molecule has 6 nitrogen and oxygen atoms in total. The van der Waals surface area contributed by atoms with Crippen LogP contribution in [0.5, 0.6) is 0 Å². The largest absolute Gasteiger partial charge is 0.467 e. The molecule has 9 heteroatoms. The molecule has 3 atom stereocenters. The van der Waals surface area contributed by atoms with Gasteiger partial charge in [0, 0.05) is 25.1 Å². The number of amides is 1. The molecule has 2 aliphatic rings. The second-order valence-corrected chi connectivity index (χ2v) is 7.42. The average Bonchev–Trinajstić information content (AvgIpc) is 3.35. The molecule has 152 valence electrons. The monoisotopic (exact) mass is 396 g/mol. The number of anilines is 1. The summed E-state index contributed by atoms with van der Waals surface area (Å²) in [5.74, 6) is 0.311. The molecule has 4 heterocycles. The number of piperidine rings is 1. The number of hydrogen-bond donors (Lipinski definition) is 1. The van der Waals surface area contributed by atoms with E-state index in [9.17, 15) is 18.0 Å². The van der Waals surface area contributed by atoms with Gasteiger partial charge in [0.2, 0.25) is 0 Å². The van der Waals surface area contributed by atoms with Gasteiger partial charge in [-0.25, -0.2) is 4.68 Å². The lowest BCUT2D eigenvalue weighted by Crippen LogP contribution is -2.43. The molecule has 0 unspecified atom stereocenters. The van der Waals surface area contributed by atoms with Gasteiger partial charge in [-0.15, -0.1) is 0 Å². The van der Waals surface area contributed by atoms with Crippen molar-refractivity contribution in [2.75, 3.05) is 11.9 Å². The van der Waals surface area contributed by atoms with E-state index in [-0.39, 0.29) is 29.9 Å². The van der Waals surface area contributed by atoms with Gasteiger partial charge in [-0.2, -0.15) is 18.3 Å². The maximum atomic E-state index is 13.7. The maximum absolute atomic E-state index is 13.7. The van der Waals surface area contributed by atoms with E-state index in [1.165, 1.54) is 12.3 Å². The Bertz CT molecular complexity index is 831. The second kappa shape index (κ2) is 7.18. The molecule has 4 rings (SSSR count). The van der Waals surface area contributed by atoms with Crippen LogP contribution in [0.3, 0.4) is 0 Å². The van der Waals surface area contributed by atoms with E-state index < -0.39 is 18.3 Å². The molecule has 0 aromatic carbocycles. The first kappa shape index (κ1) is 18.9. The molecule has 0 radical (unpaired) electrons. The van der Waals surface area contributed by atoms with Crippen LogP contribution >= 0.6 is 0 Å². The van der Waals surface area contributed by atoms with Crippen LogP contribution in [0.1, 0.15) is 67.4 Å². The van der Waals surface area contributed by atoms with Gasteiger partial charge in [0.25, 0.3) is 5.91 Å². The van der Waals surface area contributed by atoms with Crippen LogP contribution in [-0.4, -0.2) is 39.4 Å². The number of carbonyl (C=O) groups excluding carboxylic acids is 1. The summed E-state index contributed by atoms with van der Waals surface area (Å²) in [6.45, 7) is 2.63. The quantitative estimate of drug-likeness (QED) is 0.827. The Morgan fingerprint density at radius 2 is 2.21 bits per heavy atom. The van der Waals surface area contributed by atoms with Crippen molar-refractivity contribution in [3.63, 3.8) is 0 Å². The fraction of sp³-hybridized carbons (Fsp3) is 0.579. The molecule has 0 saturated carbocycles. The third-order valence-electron chi connectivity index (χ3n) is 5.65. The number of furan rings is 1. The van der Waals surface area contributed by atoms with Crippen LogP contribution in [0.4, 0.5) is 19.0 Å². The number of hydrogen-bond acceptors (Lipinski definition) is 4. The molecule has 0 aliphatic carbocycles. The van der Waals surface area contributed by atoms with Crippen molar-refractivity contribution < 1.29 is 22.4 Å². The number of likely N-dealkylation sites (tertiary alicyclic amines) is 1. The smallest absolute Gasteiger partial charge is 0.410 e. The van der Waals surface area contributed by atoms with Crippen LogP contribution in [0.2, 0.25) is 0 Å².